The maximum absolute atomic E-state index is 7.32. The molecule has 0 fully saturated rings. The molecule has 2 rings (SSSR count). The van der Waals surface area contributed by atoms with Gasteiger partial charge in [0.25, 0.3) is 0 Å². The third kappa shape index (κ3) is 1.59. The lowest BCUT2D eigenvalue weighted by Crippen LogP contribution is -1.76. The van der Waals surface area contributed by atoms with Crippen molar-refractivity contribution in [3.63, 3.8) is 0 Å². The molecular weight excluding hydrogens is 307 g/mol. The maximum Gasteiger partial charge on any atom is 0.0539 e. The van der Waals surface area contributed by atoms with Gasteiger partial charge in [0, 0.05) is 29.6 Å². The topological polar surface area (TPSA) is 36.7 Å². The van der Waals surface area contributed by atoms with Gasteiger partial charge in [-0.25, -0.2) is 0 Å². The number of hydrogen-bond acceptors (Lipinski definition) is 3. The molecule has 1 N–H and O–H groups in total. The van der Waals surface area contributed by atoms with Crippen molar-refractivity contribution in [2.24, 2.45) is 0 Å². The normalized spacial score (nSPS) is 11.2. The van der Waals surface area contributed by atoms with E-state index in [2.05, 4.69) is 27.6 Å². The van der Waals surface area contributed by atoms with Gasteiger partial charge in [0.15, 0.2) is 0 Å². The lowest BCUT2D eigenvalue weighted by atomic mass is 10.1. The minimum atomic E-state index is 0.987. The summed E-state index contributed by atoms with van der Waals surface area (Å²) in [6, 6.07) is 1.99. The van der Waals surface area contributed by atoms with E-state index in [4.69, 9.17) is 5.41 Å². The number of rotatable bonds is 2. The van der Waals surface area contributed by atoms with Crippen LogP contribution in [0.5, 0.6) is 0 Å². The number of fused-ring (bicyclic) bond motifs is 1. The molecule has 14 heavy (non-hydrogen) atoms. The van der Waals surface area contributed by atoms with Crippen LogP contribution in [0.15, 0.2) is 22.5 Å². The number of aromatic nitrogens is 1. The molecule has 0 radical (unpaired) electrons. The van der Waals surface area contributed by atoms with E-state index in [1.807, 2.05) is 22.4 Å². The number of pyridine rings is 1. The summed E-state index contributed by atoms with van der Waals surface area (Å²) in [6.45, 7) is 0. The Kier molecular flexibility index (Phi) is 2.93. The van der Waals surface area contributed by atoms with Crippen molar-refractivity contribution < 1.29 is 0 Å². The van der Waals surface area contributed by atoms with Crippen LogP contribution in [0.2, 0.25) is 0 Å². The van der Waals surface area contributed by atoms with Gasteiger partial charge in [0.2, 0.25) is 0 Å². The van der Waals surface area contributed by atoms with Crippen LogP contribution in [-0.2, 0) is 0 Å². The Morgan fingerprint density at radius 1 is 1.50 bits per heavy atom. The van der Waals surface area contributed by atoms with Gasteiger partial charge in [-0.3, -0.25) is 4.98 Å². The molecule has 2 aromatic heterocycles. The summed E-state index contributed by atoms with van der Waals surface area (Å²) in [5, 5.41) is 8.50. The Morgan fingerprint density at radius 3 is 3.07 bits per heavy atom. The van der Waals surface area contributed by atoms with E-state index in [-0.39, 0.29) is 0 Å². The molecule has 0 spiro atoms. The summed E-state index contributed by atoms with van der Waals surface area (Å²) in [7, 11) is 0. The van der Waals surface area contributed by atoms with E-state index in [0.29, 0.717) is 0 Å². The smallest absolute Gasteiger partial charge is 0.0539 e. The standard InChI is InChI=1S/C10H7IN2S/c11-3-1-7-8-2-4-13-6-10(8)14-9(7)5-12/h1-6,12H/b3-1-,12-5?. The van der Waals surface area contributed by atoms with Crippen LogP contribution < -0.4 is 0 Å². The first-order valence-electron chi connectivity index (χ1n) is 4.00. The maximum atomic E-state index is 7.32. The summed E-state index contributed by atoms with van der Waals surface area (Å²) >= 11 is 3.79. The second-order valence-electron chi connectivity index (χ2n) is 2.69. The molecule has 0 aliphatic carbocycles. The van der Waals surface area contributed by atoms with Gasteiger partial charge in [-0.2, -0.15) is 0 Å². The molecular formula is C10H7IN2S. The van der Waals surface area contributed by atoms with Crippen molar-refractivity contribution in [2.75, 3.05) is 0 Å². The minimum absolute atomic E-state index is 0.987. The largest absolute Gasteiger partial charge is 0.307 e. The summed E-state index contributed by atoms with van der Waals surface area (Å²) in [5.41, 5.74) is 1.12. The fraction of sp³-hybridized carbons (Fsp3) is 0. The second-order valence-corrected chi connectivity index (χ2v) is 4.49. The lowest BCUT2D eigenvalue weighted by molar-refractivity contribution is 1.37. The quantitative estimate of drug-likeness (QED) is 0.666. The lowest BCUT2D eigenvalue weighted by Gasteiger charge is -1.91. The molecule has 4 heteroatoms. The van der Waals surface area contributed by atoms with Crippen LogP contribution in [0.3, 0.4) is 0 Å². The Morgan fingerprint density at radius 2 is 2.36 bits per heavy atom. The van der Waals surface area contributed by atoms with E-state index >= 15 is 0 Å². The molecule has 2 aromatic rings. The monoisotopic (exact) mass is 314 g/mol. The first-order chi connectivity index (χ1) is 6.86. The van der Waals surface area contributed by atoms with Crippen molar-refractivity contribution in [2.45, 2.75) is 0 Å². The van der Waals surface area contributed by atoms with Crippen molar-refractivity contribution in [3.05, 3.63) is 33.0 Å². The predicted octanol–water partition coefficient (Wildman–Crippen LogP) is 3.70. The van der Waals surface area contributed by atoms with Crippen LogP contribution >= 0.6 is 33.9 Å². The molecule has 0 amide bonds. The Hall–Kier alpha value is -0.750. The zero-order valence-corrected chi connectivity index (χ0v) is 10.2. The highest BCUT2D eigenvalue weighted by molar-refractivity contribution is 14.1. The molecule has 0 bridgehead atoms. The highest BCUT2D eigenvalue weighted by atomic mass is 127. The van der Waals surface area contributed by atoms with Crippen molar-refractivity contribution in [3.8, 4) is 0 Å². The van der Waals surface area contributed by atoms with E-state index in [9.17, 15) is 0 Å². The van der Waals surface area contributed by atoms with E-state index < -0.39 is 0 Å². The van der Waals surface area contributed by atoms with Crippen LogP contribution in [0, 0.1) is 5.41 Å². The van der Waals surface area contributed by atoms with Crippen molar-refractivity contribution in [1.82, 2.24) is 4.98 Å². The first kappa shape index (κ1) is 9.79. The van der Waals surface area contributed by atoms with Gasteiger partial charge in [0.1, 0.15) is 0 Å². The zero-order valence-electron chi connectivity index (χ0n) is 7.20. The Balaban J connectivity index is 2.80. The number of nitrogens with one attached hydrogen (secondary N) is 1. The summed E-state index contributed by atoms with van der Waals surface area (Å²) < 4.78 is 3.10. The van der Waals surface area contributed by atoms with Crippen LogP contribution in [0.4, 0.5) is 0 Å². The van der Waals surface area contributed by atoms with Crippen LogP contribution in [0.1, 0.15) is 10.4 Å². The third-order valence-electron chi connectivity index (χ3n) is 1.92. The molecule has 0 atom stereocenters. The van der Waals surface area contributed by atoms with Gasteiger partial charge >= 0.3 is 0 Å². The van der Waals surface area contributed by atoms with Gasteiger partial charge in [-0.05, 0) is 16.2 Å². The number of thiophene rings is 1. The fourth-order valence-corrected chi connectivity index (χ4v) is 2.68. The first-order valence-corrected chi connectivity index (χ1v) is 6.07. The zero-order chi connectivity index (χ0) is 9.97. The number of halogens is 1. The van der Waals surface area contributed by atoms with Gasteiger partial charge < -0.3 is 5.41 Å². The van der Waals surface area contributed by atoms with E-state index in [0.717, 1.165) is 15.1 Å². The number of nitrogens with zero attached hydrogens (tertiary/aromatic N) is 1. The molecule has 2 nitrogen and oxygen atoms in total. The van der Waals surface area contributed by atoms with Crippen LogP contribution in [-0.4, -0.2) is 11.2 Å². The Labute approximate surface area is 99.3 Å². The second kappa shape index (κ2) is 4.18. The predicted molar refractivity (Wildman–Crippen MR) is 70.6 cm³/mol. The highest BCUT2D eigenvalue weighted by Gasteiger charge is 2.06. The third-order valence-corrected chi connectivity index (χ3v) is 3.38. The molecule has 70 valence electrons. The summed E-state index contributed by atoms with van der Waals surface area (Å²) in [6.07, 6.45) is 7.06. The van der Waals surface area contributed by atoms with Crippen LogP contribution in [0.25, 0.3) is 16.2 Å². The average Bonchev–Trinajstić information content (AvgIpc) is 2.58. The van der Waals surface area contributed by atoms with Gasteiger partial charge in [-0.15, -0.1) is 11.3 Å². The Bertz CT molecular complexity index is 502. The molecule has 0 aromatic carbocycles. The van der Waals surface area contributed by atoms with Crippen molar-refractivity contribution in [1.29, 1.82) is 5.41 Å². The summed E-state index contributed by atoms with van der Waals surface area (Å²) in [4.78, 5) is 5.06. The van der Waals surface area contributed by atoms with E-state index in [1.165, 1.54) is 11.6 Å². The molecule has 2 heterocycles. The number of hydrogen-bond donors (Lipinski definition) is 1. The molecule has 0 saturated heterocycles. The SMILES string of the molecule is N=Cc1sc2cnccc2c1/C=C\I. The minimum Gasteiger partial charge on any atom is -0.307 e. The molecule has 0 aliphatic rings. The average molecular weight is 314 g/mol. The van der Waals surface area contributed by atoms with Gasteiger partial charge in [-0.1, -0.05) is 22.6 Å². The molecule has 0 aliphatic heterocycles. The molecule has 0 saturated carbocycles. The van der Waals surface area contributed by atoms with Gasteiger partial charge in [0.05, 0.1) is 9.58 Å². The molecule has 0 unspecified atom stereocenters. The fourth-order valence-electron chi connectivity index (χ4n) is 1.33. The van der Waals surface area contributed by atoms with Crippen molar-refractivity contribution >= 4 is 56.3 Å². The highest BCUT2D eigenvalue weighted by Crippen LogP contribution is 2.30. The summed E-state index contributed by atoms with van der Waals surface area (Å²) in [5.74, 6) is 0. The van der Waals surface area contributed by atoms with E-state index in [1.54, 1.807) is 17.5 Å².